The molecule has 4 nitrogen and oxygen atoms in total. The lowest BCUT2D eigenvalue weighted by Gasteiger charge is -2.12. The van der Waals surface area contributed by atoms with Crippen LogP contribution in [0.4, 0.5) is 0 Å². The van der Waals surface area contributed by atoms with E-state index in [-0.39, 0.29) is 0 Å². The molecular formula is C56H31ClN4S. The maximum absolute atomic E-state index is 7.36. The molecule has 288 valence electrons. The number of fused-ring (bicyclic) bond motifs is 18. The monoisotopic (exact) mass is 826 g/mol. The molecule has 0 unspecified atom stereocenters. The van der Waals surface area contributed by atoms with Gasteiger partial charge < -0.3 is 4.57 Å². The predicted molar refractivity (Wildman–Crippen MR) is 264 cm³/mol. The summed E-state index contributed by atoms with van der Waals surface area (Å²) in [6, 6.07) is 67.8. The first-order valence-corrected chi connectivity index (χ1v) is 22.0. The molecule has 0 radical (unpaired) electrons. The van der Waals surface area contributed by atoms with Gasteiger partial charge in [-0.3, -0.25) is 4.57 Å². The molecule has 4 aromatic heterocycles. The molecule has 0 N–H and O–H groups in total. The number of para-hydroxylation sites is 2. The number of benzene rings is 10. The molecule has 6 heteroatoms. The van der Waals surface area contributed by atoms with Crippen molar-refractivity contribution >= 4 is 130 Å². The summed E-state index contributed by atoms with van der Waals surface area (Å²) in [6.45, 7) is 0. The van der Waals surface area contributed by atoms with Crippen LogP contribution >= 0.6 is 22.9 Å². The second-order valence-corrected chi connectivity index (χ2v) is 17.6. The van der Waals surface area contributed by atoms with Crippen LogP contribution in [-0.2, 0) is 0 Å². The molecule has 0 aliphatic rings. The molecule has 0 atom stereocenters. The molecule has 0 saturated heterocycles. The van der Waals surface area contributed by atoms with Crippen molar-refractivity contribution in [3.63, 3.8) is 0 Å². The number of halogens is 1. The van der Waals surface area contributed by atoms with Gasteiger partial charge in [-0.05, 0) is 80.5 Å². The van der Waals surface area contributed by atoms with Crippen molar-refractivity contribution in [3.05, 3.63) is 193 Å². The Morgan fingerprint density at radius 3 is 1.85 bits per heavy atom. The second kappa shape index (κ2) is 12.7. The van der Waals surface area contributed by atoms with Crippen LogP contribution in [-0.4, -0.2) is 19.1 Å². The highest BCUT2D eigenvalue weighted by atomic mass is 35.5. The average molecular weight is 827 g/mol. The Morgan fingerprint density at radius 1 is 0.403 bits per heavy atom. The van der Waals surface area contributed by atoms with Gasteiger partial charge in [-0.2, -0.15) is 0 Å². The van der Waals surface area contributed by atoms with Crippen molar-refractivity contribution in [1.82, 2.24) is 19.1 Å². The van der Waals surface area contributed by atoms with E-state index in [1.807, 2.05) is 17.4 Å². The van der Waals surface area contributed by atoms with Crippen LogP contribution < -0.4 is 0 Å². The number of rotatable bonds is 3. The summed E-state index contributed by atoms with van der Waals surface area (Å²) in [4.78, 5) is 10.5. The Labute approximate surface area is 363 Å². The molecule has 0 aliphatic heterocycles. The molecule has 0 fully saturated rings. The molecule has 14 rings (SSSR count). The summed E-state index contributed by atoms with van der Waals surface area (Å²) < 4.78 is 7.16. The summed E-state index contributed by atoms with van der Waals surface area (Å²) in [5.41, 5.74) is 9.51. The Hall–Kier alpha value is -7.57. The van der Waals surface area contributed by atoms with Crippen LogP contribution in [0.2, 0.25) is 5.15 Å². The van der Waals surface area contributed by atoms with Crippen LogP contribution in [0.15, 0.2) is 188 Å². The number of hydrogen-bond donors (Lipinski definition) is 0. The number of aromatic nitrogens is 4. The van der Waals surface area contributed by atoms with Crippen LogP contribution in [0.3, 0.4) is 0 Å². The van der Waals surface area contributed by atoms with Gasteiger partial charge >= 0.3 is 0 Å². The third-order valence-electron chi connectivity index (χ3n) is 13.0. The van der Waals surface area contributed by atoms with Gasteiger partial charge in [0.25, 0.3) is 0 Å². The molecule has 0 saturated carbocycles. The fourth-order valence-electron chi connectivity index (χ4n) is 10.3. The number of hydrogen-bond acceptors (Lipinski definition) is 3. The predicted octanol–water partition coefficient (Wildman–Crippen LogP) is 16.0. The van der Waals surface area contributed by atoms with E-state index in [2.05, 4.69) is 191 Å². The molecule has 4 heterocycles. The highest BCUT2D eigenvalue weighted by Crippen LogP contribution is 2.50. The number of nitrogens with zero attached hydrogens (tertiary/aromatic N) is 4. The van der Waals surface area contributed by atoms with E-state index in [0.29, 0.717) is 11.0 Å². The van der Waals surface area contributed by atoms with Gasteiger partial charge in [0.1, 0.15) is 0 Å². The van der Waals surface area contributed by atoms with Gasteiger partial charge in [0.15, 0.2) is 11.0 Å². The molecule has 14 aromatic rings. The van der Waals surface area contributed by atoms with E-state index in [1.165, 1.54) is 68.9 Å². The van der Waals surface area contributed by atoms with Crippen molar-refractivity contribution in [2.45, 2.75) is 0 Å². The first kappa shape index (κ1) is 34.2. The molecule has 10 aromatic carbocycles. The van der Waals surface area contributed by atoms with Crippen LogP contribution in [0.1, 0.15) is 0 Å². The van der Waals surface area contributed by atoms with E-state index >= 15 is 0 Å². The molecule has 62 heavy (non-hydrogen) atoms. The molecule has 0 bridgehead atoms. The Balaban J connectivity index is 1.13. The summed E-state index contributed by atoms with van der Waals surface area (Å²) >= 11 is 9.22. The van der Waals surface area contributed by atoms with Gasteiger partial charge in [-0.25, -0.2) is 9.97 Å². The third-order valence-corrected chi connectivity index (χ3v) is 14.5. The lowest BCUT2D eigenvalue weighted by Crippen LogP contribution is -2.02. The molecular weight excluding hydrogens is 796 g/mol. The van der Waals surface area contributed by atoms with Gasteiger partial charge in [-0.15, -0.1) is 11.3 Å². The maximum Gasteiger partial charge on any atom is 0.176 e. The van der Waals surface area contributed by atoms with E-state index in [4.69, 9.17) is 21.6 Å². The van der Waals surface area contributed by atoms with Crippen LogP contribution in [0.5, 0.6) is 0 Å². The van der Waals surface area contributed by atoms with E-state index in [9.17, 15) is 0 Å². The second-order valence-electron chi connectivity index (χ2n) is 16.2. The highest BCUT2D eigenvalue weighted by molar-refractivity contribution is 7.27. The van der Waals surface area contributed by atoms with Crippen molar-refractivity contribution < 1.29 is 0 Å². The largest absolute Gasteiger partial charge is 0.309 e. The fourth-order valence-corrected chi connectivity index (χ4v) is 11.9. The summed E-state index contributed by atoms with van der Waals surface area (Å²) in [7, 11) is 0. The summed E-state index contributed by atoms with van der Waals surface area (Å²) in [5.74, 6) is 0.621. The maximum atomic E-state index is 7.36. The third kappa shape index (κ3) is 4.66. The average Bonchev–Trinajstić information content (AvgIpc) is 4.00. The van der Waals surface area contributed by atoms with Crippen molar-refractivity contribution in [3.8, 4) is 22.6 Å². The normalized spacial score (nSPS) is 12.3. The Morgan fingerprint density at radius 2 is 1.02 bits per heavy atom. The van der Waals surface area contributed by atoms with E-state index in [0.717, 1.165) is 55.0 Å². The standard InChI is InChI=1S/C56H31ClN4S/c57-55-56(59-51-37-16-6-4-12-32(37)24-28-45(51)58-55)61-47-29-25-34(35-23-26-40-39-18-10-11-21-46(39)60(48(40)31-35)36-14-2-1-3-15-36)30-44(47)49-41-19-8-9-20-42(41)50-43-27-22-33-13-5-7-17-38(33)53(43)62-54(50)52(49)61/h1-31H. The minimum Gasteiger partial charge on any atom is -0.309 e. The van der Waals surface area contributed by atoms with Crippen molar-refractivity contribution in [2.24, 2.45) is 0 Å². The number of thiophene rings is 1. The first-order chi connectivity index (χ1) is 30.7. The van der Waals surface area contributed by atoms with Gasteiger partial charge in [-0.1, -0.05) is 157 Å². The zero-order chi connectivity index (χ0) is 40.6. The molecule has 0 aliphatic carbocycles. The Kier molecular flexibility index (Phi) is 7.01. The van der Waals surface area contributed by atoms with Crippen molar-refractivity contribution in [1.29, 1.82) is 0 Å². The van der Waals surface area contributed by atoms with Crippen LogP contribution in [0.25, 0.3) is 130 Å². The Bertz CT molecular complexity index is 4240. The quantitative estimate of drug-likeness (QED) is 0.166. The molecule has 0 amide bonds. The zero-order valence-corrected chi connectivity index (χ0v) is 34.5. The van der Waals surface area contributed by atoms with Crippen molar-refractivity contribution in [2.75, 3.05) is 0 Å². The zero-order valence-electron chi connectivity index (χ0n) is 33.0. The SMILES string of the molecule is Clc1nc2ccc3ccccc3c2nc1-n1c2ccc(-c3ccc4c5ccccc5n(-c5ccccc5)c4c3)cc2c2c3ccccc3c3c4ccc5ccccc5c4sc3c21. The fraction of sp³-hybridized carbons (Fsp3) is 0. The van der Waals surface area contributed by atoms with E-state index < -0.39 is 0 Å². The smallest absolute Gasteiger partial charge is 0.176 e. The highest BCUT2D eigenvalue weighted by Gasteiger charge is 2.25. The van der Waals surface area contributed by atoms with Gasteiger partial charge in [0.05, 0.1) is 37.8 Å². The summed E-state index contributed by atoms with van der Waals surface area (Å²) in [6.07, 6.45) is 0. The van der Waals surface area contributed by atoms with E-state index in [1.54, 1.807) is 0 Å². The topological polar surface area (TPSA) is 35.6 Å². The lowest BCUT2D eigenvalue weighted by molar-refractivity contribution is 1.08. The van der Waals surface area contributed by atoms with Crippen LogP contribution in [0, 0.1) is 0 Å². The first-order valence-electron chi connectivity index (χ1n) is 20.9. The van der Waals surface area contributed by atoms with Gasteiger partial charge in [0.2, 0.25) is 0 Å². The lowest BCUT2D eigenvalue weighted by atomic mass is 9.96. The minimum atomic E-state index is 0.364. The van der Waals surface area contributed by atoms with Gasteiger partial charge in [0, 0.05) is 48.1 Å². The summed E-state index contributed by atoms with van der Waals surface area (Å²) in [5, 5.41) is 14.7. The molecule has 0 spiro atoms. The minimum absolute atomic E-state index is 0.364.